The molecule has 20 heavy (non-hydrogen) atoms. The van der Waals surface area contributed by atoms with Gasteiger partial charge in [0.2, 0.25) is 0 Å². The molecule has 2 rings (SSSR count). The summed E-state index contributed by atoms with van der Waals surface area (Å²) in [6.45, 7) is 5.99. The molecule has 0 saturated carbocycles. The topological polar surface area (TPSA) is 30.5 Å². The minimum Gasteiger partial charge on any atom is -0.374 e. The van der Waals surface area contributed by atoms with Crippen molar-refractivity contribution in [3.63, 3.8) is 0 Å². The maximum Gasteiger partial charge on any atom is 0.128 e. The van der Waals surface area contributed by atoms with Crippen LogP contribution in [0.4, 0.5) is 4.39 Å². The molecular formula is C16H24FNO2. The lowest BCUT2D eigenvalue weighted by atomic mass is 10.2. The largest absolute Gasteiger partial charge is 0.374 e. The zero-order chi connectivity index (χ0) is 14.4. The molecule has 0 aliphatic carbocycles. The van der Waals surface area contributed by atoms with Crippen LogP contribution >= 0.6 is 0 Å². The third-order valence-corrected chi connectivity index (χ3v) is 3.47. The van der Waals surface area contributed by atoms with Crippen molar-refractivity contribution in [1.82, 2.24) is 5.32 Å². The first-order chi connectivity index (χ1) is 9.65. The molecule has 2 unspecified atom stereocenters. The molecule has 1 aliphatic rings. The van der Waals surface area contributed by atoms with E-state index in [9.17, 15) is 4.39 Å². The summed E-state index contributed by atoms with van der Waals surface area (Å²) in [5.74, 6) is -0.209. The van der Waals surface area contributed by atoms with Crippen LogP contribution in [-0.4, -0.2) is 31.4 Å². The quantitative estimate of drug-likeness (QED) is 0.833. The highest BCUT2D eigenvalue weighted by molar-refractivity contribution is 5.16. The average Bonchev–Trinajstić information content (AvgIpc) is 2.87. The summed E-state index contributed by atoms with van der Waals surface area (Å²) < 4.78 is 24.9. The smallest absolute Gasteiger partial charge is 0.128 e. The van der Waals surface area contributed by atoms with Crippen LogP contribution in [0.3, 0.4) is 0 Å². The molecule has 112 valence electrons. The highest BCUT2D eigenvalue weighted by atomic mass is 19.1. The third kappa shape index (κ3) is 4.85. The van der Waals surface area contributed by atoms with E-state index >= 15 is 0 Å². The van der Waals surface area contributed by atoms with E-state index in [-0.39, 0.29) is 18.0 Å². The maximum absolute atomic E-state index is 13.4. The first-order valence-electron chi connectivity index (χ1n) is 7.35. The number of hydrogen-bond acceptors (Lipinski definition) is 3. The standard InChI is InChI=1S/C16H24FNO2/c1-12(2)18-9-14-7-8-15(20-14)11-19-10-13-5-3-4-6-16(13)17/h3-6,12,14-15,18H,7-11H2,1-2H3. The summed E-state index contributed by atoms with van der Waals surface area (Å²) in [6.07, 6.45) is 2.50. The van der Waals surface area contributed by atoms with E-state index in [1.54, 1.807) is 12.1 Å². The monoisotopic (exact) mass is 281 g/mol. The highest BCUT2D eigenvalue weighted by Crippen LogP contribution is 2.20. The van der Waals surface area contributed by atoms with Gasteiger partial charge in [0.1, 0.15) is 5.82 Å². The lowest BCUT2D eigenvalue weighted by molar-refractivity contribution is -0.0199. The van der Waals surface area contributed by atoms with Crippen molar-refractivity contribution >= 4 is 0 Å². The van der Waals surface area contributed by atoms with Gasteiger partial charge in [0.25, 0.3) is 0 Å². The zero-order valence-corrected chi connectivity index (χ0v) is 12.3. The van der Waals surface area contributed by atoms with Crippen LogP contribution in [0.2, 0.25) is 0 Å². The van der Waals surface area contributed by atoms with Gasteiger partial charge in [-0.3, -0.25) is 0 Å². The van der Waals surface area contributed by atoms with Crippen LogP contribution in [0.15, 0.2) is 24.3 Å². The number of halogens is 1. The van der Waals surface area contributed by atoms with Gasteiger partial charge >= 0.3 is 0 Å². The molecule has 1 aromatic rings. The lowest BCUT2D eigenvalue weighted by Gasteiger charge is -2.16. The Hall–Kier alpha value is -0.970. The maximum atomic E-state index is 13.4. The Morgan fingerprint density at radius 3 is 2.80 bits per heavy atom. The van der Waals surface area contributed by atoms with Gasteiger partial charge in [-0.25, -0.2) is 4.39 Å². The summed E-state index contributed by atoms with van der Waals surface area (Å²) in [6, 6.07) is 7.20. The van der Waals surface area contributed by atoms with Gasteiger partial charge in [0.05, 0.1) is 25.4 Å². The molecular weight excluding hydrogens is 257 g/mol. The second kappa shape index (κ2) is 7.72. The molecule has 0 radical (unpaired) electrons. The van der Waals surface area contributed by atoms with Crippen LogP contribution in [0.25, 0.3) is 0 Å². The fourth-order valence-corrected chi connectivity index (χ4v) is 2.34. The van der Waals surface area contributed by atoms with Gasteiger partial charge in [-0.1, -0.05) is 32.0 Å². The minimum absolute atomic E-state index is 0.140. The SMILES string of the molecule is CC(C)NCC1CCC(COCc2ccccc2F)O1. The second-order valence-corrected chi connectivity index (χ2v) is 5.63. The predicted molar refractivity (Wildman–Crippen MR) is 77.1 cm³/mol. The highest BCUT2D eigenvalue weighted by Gasteiger charge is 2.25. The van der Waals surface area contributed by atoms with Crippen LogP contribution in [0.1, 0.15) is 32.3 Å². The van der Waals surface area contributed by atoms with E-state index in [4.69, 9.17) is 9.47 Å². The van der Waals surface area contributed by atoms with Gasteiger partial charge in [0.15, 0.2) is 0 Å². The summed E-state index contributed by atoms with van der Waals surface area (Å²) >= 11 is 0. The van der Waals surface area contributed by atoms with E-state index in [2.05, 4.69) is 19.2 Å². The fraction of sp³-hybridized carbons (Fsp3) is 0.625. The van der Waals surface area contributed by atoms with Crippen LogP contribution in [0, 0.1) is 5.82 Å². The van der Waals surface area contributed by atoms with Crippen LogP contribution < -0.4 is 5.32 Å². The molecule has 1 fully saturated rings. The van der Waals surface area contributed by atoms with Gasteiger partial charge in [0, 0.05) is 18.2 Å². The predicted octanol–water partition coefficient (Wildman–Crippen LogP) is 2.89. The second-order valence-electron chi connectivity index (χ2n) is 5.63. The normalized spacial score (nSPS) is 22.6. The first kappa shape index (κ1) is 15.4. The molecule has 2 atom stereocenters. The number of rotatable bonds is 7. The Labute approximate surface area is 120 Å². The van der Waals surface area contributed by atoms with Crippen molar-refractivity contribution < 1.29 is 13.9 Å². The van der Waals surface area contributed by atoms with Crippen LogP contribution in [-0.2, 0) is 16.1 Å². The van der Waals surface area contributed by atoms with Crippen LogP contribution in [0.5, 0.6) is 0 Å². The minimum atomic E-state index is -0.209. The van der Waals surface area contributed by atoms with Gasteiger partial charge in [-0.05, 0) is 18.9 Å². The van der Waals surface area contributed by atoms with Crippen molar-refractivity contribution in [1.29, 1.82) is 0 Å². The molecule has 1 aliphatic heterocycles. The van der Waals surface area contributed by atoms with E-state index < -0.39 is 0 Å². The number of benzene rings is 1. The molecule has 0 bridgehead atoms. The van der Waals surface area contributed by atoms with Crippen molar-refractivity contribution in [3.05, 3.63) is 35.6 Å². The van der Waals surface area contributed by atoms with Crippen molar-refractivity contribution in [3.8, 4) is 0 Å². The van der Waals surface area contributed by atoms with E-state index in [1.807, 2.05) is 6.07 Å². The summed E-state index contributed by atoms with van der Waals surface area (Å²) in [7, 11) is 0. The number of nitrogens with one attached hydrogen (secondary N) is 1. The number of ether oxygens (including phenoxy) is 2. The molecule has 1 N–H and O–H groups in total. The average molecular weight is 281 g/mol. The molecule has 1 saturated heterocycles. The van der Waals surface area contributed by atoms with Gasteiger partial charge < -0.3 is 14.8 Å². The molecule has 4 heteroatoms. The zero-order valence-electron chi connectivity index (χ0n) is 12.3. The summed E-state index contributed by atoms with van der Waals surface area (Å²) in [5, 5.41) is 3.38. The van der Waals surface area contributed by atoms with E-state index in [0.29, 0.717) is 24.8 Å². The van der Waals surface area contributed by atoms with Crippen molar-refractivity contribution in [2.75, 3.05) is 13.2 Å². The third-order valence-electron chi connectivity index (χ3n) is 3.47. The Balaban J connectivity index is 1.65. The lowest BCUT2D eigenvalue weighted by Crippen LogP contribution is -2.32. The Morgan fingerprint density at radius 1 is 1.30 bits per heavy atom. The molecule has 0 spiro atoms. The van der Waals surface area contributed by atoms with Crippen molar-refractivity contribution in [2.24, 2.45) is 0 Å². The molecule has 1 heterocycles. The van der Waals surface area contributed by atoms with Crippen molar-refractivity contribution in [2.45, 2.75) is 51.5 Å². The summed E-state index contributed by atoms with van der Waals surface area (Å²) in [4.78, 5) is 0. The fourth-order valence-electron chi connectivity index (χ4n) is 2.34. The first-order valence-corrected chi connectivity index (χ1v) is 7.35. The molecule has 0 amide bonds. The molecule has 0 aromatic heterocycles. The van der Waals surface area contributed by atoms with E-state index in [1.165, 1.54) is 6.07 Å². The van der Waals surface area contributed by atoms with E-state index in [0.717, 1.165) is 19.4 Å². The molecule has 1 aromatic carbocycles. The Morgan fingerprint density at radius 2 is 2.05 bits per heavy atom. The Bertz CT molecular complexity index is 411. The summed E-state index contributed by atoms with van der Waals surface area (Å²) in [5.41, 5.74) is 0.600. The Kier molecular flexibility index (Phi) is 5.95. The van der Waals surface area contributed by atoms with Gasteiger partial charge in [-0.15, -0.1) is 0 Å². The van der Waals surface area contributed by atoms with Gasteiger partial charge in [-0.2, -0.15) is 0 Å². The molecule has 3 nitrogen and oxygen atoms in total. The number of hydrogen-bond donors (Lipinski definition) is 1.